The highest BCUT2D eigenvalue weighted by atomic mass is 35.5. The highest BCUT2D eigenvalue weighted by Crippen LogP contribution is 2.56. The Morgan fingerprint density at radius 2 is 1.65 bits per heavy atom. The van der Waals surface area contributed by atoms with Crippen LogP contribution in [0.5, 0.6) is 0 Å². The number of aromatic nitrogens is 3. The Kier molecular flexibility index (Phi) is 5.38. The molecule has 5 nitrogen and oxygen atoms in total. The molecule has 1 spiro atoms. The second-order valence-electron chi connectivity index (χ2n) is 11.0. The molecule has 0 N–H and O–H groups in total. The van der Waals surface area contributed by atoms with Crippen LogP contribution in [-0.4, -0.2) is 28.2 Å². The summed E-state index contributed by atoms with van der Waals surface area (Å²) in [4.78, 5) is 11.6. The van der Waals surface area contributed by atoms with Crippen LogP contribution >= 0.6 is 23.2 Å². The van der Waals surface area contributed by atoms with Crippen LogP contribution in [0.3, 0.4) is 0 Å². The van der Waals surface area contributed by atoms with Gasteiger partial charge in [-0.05, 0) is 80.2 Å². The largest absolute Gasteiger partial charge is 0.360 e. The second-order valence-corrected chi connectivity index (χ2v) is 11.8. The van der Waals surface area contributed by atoms with Gasteiger partial charge in [-0.25, -0.2) is 4.98 Å². The van der Waals surface area contributed by atoms with E-state index in [-0.39, 0.29) is 5.41 Å². The minimum Gasteiger partial charge on any atom is -0.360 e. The summed E-state index contributed by atoms with van der Waals surface area (Å²) in [5.41, 5.74) is 7.72. The van der Waals surface area contributed by atoms with Crippen molar-refractivity contribution in [2.24, 2.45) is 5.41 Å². The number of allylic oxidation sites excluding steroid dienone is 2. The standard InChI is InChI=1S/C30H28Cl2N4O/c1-17-3-4-18(2)27-21(17)7-8-24(34-27)36-11-9-30(10-12-36)13-20(14-30)25-28(35-37-29(25)19-5-6-19)26-22(31)15-33-16-23(26)32/h3-4,7-8,13,15-16,19H,5-6,9-12,14H2,1-2H3. The highest BCUT2D eigenvalue weighted by Gasteiger charge is 2.44. The second kappa shape index (κ2) is 8.57. The average molecular weight is 531 g/mol. The van der Waals surface area contributed by atoms with E-state index in [4.69, 9.17) is 32.7 Å². The van der Waals surface area contributed by atoms with E-state index in [1.54, 1.807) is 12.4 Å². The van der Waals surface area contributed by atoms with E-state index >= 15 is 0 Å². The first kappa shape index (κ1) is 23.2. The molecular weight excluding hydrogens is 503 g/mol. The Morgan fingerprint density at radius 3 is 2.35 bits per heavy atom. The third-order valence-corrected chi connectivity index (χ3v) is 9.02. The number of nitrogens with zero attached hydrogens (tertiary/aromatic N) is 4. The third kappa shape index (κ3) is 3.86. The van der Waals surface area contributed by atoms with E-state index < -0.39 is 0 Å². The van der Waals surface area contributed by atoms with E-state index in [2.05, 4.69) is 59.2 Å². The minimum absolute atomic E-state index is 0.219. The average Bonchev–Trinajstić information content (AvgIpc) is 3.64. The molecule has 0 atom stereocenters. The van der Waals surface area contributed by atoms with Gasteiger partial charge in [-0.15, -0.1) is 0 Å². The van der Waals surface area contributed by atoms with Crippen LogP contribution in [0.4, 0.5) is 5.82 Å². The number of fused-ring (bicyclic) bond motifs is 1. The van der Waals surface area contributed by atoms with Crippen molar-refractivity contribution in [3.05, 3.63) is 75.2 Å². The van der Waals surface area contributed by atoms with Gasteiger partial charge in [0.05, 0.1) is 15.6 Å². The van der Waals surface area contributed by atoms with E-state index in [0.717, 1.165) is 73.5 Å². The molecular formula is C30H28Cl2N4O. The summed E-state index contributed by atoms with van der Waals surface area (Å²) in [6.07, 6.45) is 11.2. The minimum atomic E-state index is 0.219. The fraction of sp³-hybridized carbons (Fsp3) is 0.367. The molecule has 37 heavy (non-hydrogen) atoms. The van der Waals surface area contributed by atoms with Gasteiger partial charge in [0.25, 0.3) is 0 Å². The third-order valence-electron chi connectivity index (χ3n) is 8.45. The first-order valence-electron chi connectivity index (χ1n) is 13.1. The molecule has 3 aliphatic rings. The number of rotatable bonds is 4. The zero-order chi connectivity index (χ0) is 25.3. The molecule has 4 aromatic rings. The van der Waals surface area contributed by atoms with E-state index in [1.807, 2.05) is 0 Å². The van der Waals surface area contributed by atoms with Crippen LogP contribution in [0.2, 0.25) is 10.0 Å². The van der Waals surface area contributed by atoms with E-state index in [0.29, 0.717) is 21.5 Å². The van der Waals surface area contributed by atoms with Crippen molar-refractivity contribution in [1.29, 1.82) is 0 Å². The Balaban J connectivity index is 1.16. The highest BCUT2D eigenvalue weighted by molar-refractivity contribution is 6.39. The lowest BCUT2D eigenvalue weighted by Crippen LogP contribution is -2.42. The van der Waals surface area contributed by atoms with Gasteiger partial charge >= 0.3 is 0 Å². The van der Waals surface area contributed by atoms with Crippen molar-refractivity contribution in [3.8, 4) is 11.3 Å². The number of halogens is 2. The van der Waals surface area contributed by atoms with Crippen molar-refractivity contribution >= 4 is 45.5 Å². The predicted octanol–water partition coefficient (Wildman–Crippen LogP) is 8.16. The summed E-state index contributed by atoms with van der Waals surface area (Å²) in [5.74, 6) is 2.52. The van der Waals surface area contributed by atoms with Crippen LogP contribution < -0.4 is 4.90 Å². The quantitative estimate of drug-likeness (QED) is 0.266. The molecule has 2 aliphatic carbocycles. The number of anilines is 1. The van der Waals surface area contributed by atoms with E-state index in [9.17, 15) is 0 Å². The SMILES string of the molecule is Cc1ccc(C)c2nc(N3CCC4(C=C(c5c(-c6c(Cl)cncc6Cl)noc5C5CC5)C4)CC3)ccc12. The Labute approximate surface area is 226 Å². The lowest BCUT2D eigenvalue weighted by atomic mass is 9.63. The summed E-state index contributed by atoms with van der Waals surface area (Å²) in [5, 5.41) is 6.71. The van der Waals surface area contributed by atoms with Crippen molar-refractivity contribution in [2.45, 2.75) is 51.9 Å². The first-order valence-corrected chi connectivity index (χ1v) is 13.8. The molecule has 7 rings (SSSR count). The molecule has 3 aromatic heterocycles. The number of aryl methyl sites for hydroxylation is 2. The topological polar surface area (TPSA) is 55.1 Å². The zero-order valence-electron chi connectivity index (χ0n) is 21.0. The van der Waals surface area contributed by atoms with Gasteiger partial charge < -0.3 is 9.42 Å². The summed E-state index contributed by atoms with van der Waals surface area (Å²) in [7, 11) is 0. The van der Waals surface area contributed by atoms with Crippen LogP contribution in [0, 0.1) is 19.3 Å². The summed E-state index contributed by atoms with van der Waals surface area (Å²) >= 11 is 13.0. The Bertz CT molecular complexity index is 1560. The van der Waals surface area contributed by atoms with Crippen LogP contribution in [0.15, 0.2) is 47.3 Å². The zero-order valence-corrected chi connectivity index (χ0v) is 22.5. The normalized spacial score (nSPS) is 18.8. The molecule has 1 saturated heterocycles. The molecule has 0 bridgehead atoms. The van der Waals surface area contributed by atoms with E-state index in [1.165, 1.54) is 22.1 Å². The predicted molar refractivity (Wildman–Crippen MR) is 149 cm³/mol. The molecule has 1 aliphatic heterocycles. The van der Waals surface area contributed by atoms with Gasteiger partial charge in [-0.2, -0.15) is 0 Å². The maximum Gasteiger partial charge on any atom is 0.147 e. The Hall–Kier alpha value is -2.89. The van der Waals surface area contributed by atoms with Crippen molar-refractivity contribution < 1.29 is 4.52 Å². The summed E-state index contributed by atoms with van der Waals surface area (Å²) < 4.78 is 5.90. The monoisotopic (exact) mass is 530 g/mol. The molecule has 2 fully saturated rings. The van der Waals surface area contributed by atoms with Crippen molar-refractivity contribution in [3.63, 3.8) is 0 Å². The van der Waals surface area contributed by atoms with Crippen molar-refractivity contribution in [1.82, 2.24) is 15.1 Å². The van der Waals surface area contributed by atoms with Gasteiger partial charge in [-0.1, -0.05) is 46.6 Å². The molecule has 188 valence electrons. The fourth-order valence-electron chi connectivity index (χ4n) is 6.09. The van der Waals surface area contributed by atoms with Gasteiger partial charge in [0.15, 0.2) is 0 Å². The van der Waals surface area contributed by atoms with Crippen LogP contribution in [-0.2, 0) is 0 Å². The lowest BCUT2D eigenvalue weighted by molar-refractivity contribution is 0.277. The number of hydrogen-bond acceptors (Lipinski definition) is 5. The van der Waals surface area contributed by atoms with Gasteiger partial charge in [0, 0.05) is 47.9 Å². The number of hydrogen-bond donors (Lipinski definition) is 0. The maximum absolute atomic E-state index is 6.52. The lowest BCUT2D eigenvalue weighted by Gasteiger charge is -2.46. The van der Waals surface area contributed by atoms with Gasteiger partial charge in [0.1, 0.15) is 17.3 Å². The molecule has 4 heterocycles. The molecule has 1 aromatic carbocycles. The molecule has 0 radical (unpaired) electrons. The maximum atomic E-state index is 6.52. The summed E-state index contributed by atoms with van der Waals surface area (Å²) in [6.45, 7) is 6.30. The number of benzene rings is 1. The molecule has 1 saturated carbocycles. The first-order chi connectivity index (χ1) is 17.9. The number of pyridine rings is 2. The van der Waals surface area contributed by atoms with Crippen LogP contribution in [0.25, 0.3) is 27.7 Å². The molecule has 7 heteroatoms. The Morgan fingerprint density at radius 1 is 0.946 bits per heavy atom. The summed E-state index contributed by atoms with van der Waals surface area (Å²) in [6, 6.07) is 8.76. The number of piperidine rings is 1. The molecule has 0 unspecified atom stereocenters. The van der Waals surface area contributed by atoms with Gasteiger partial charge in [0.2, 0.25) is 0 Å². The van der Waals surface area contributed by atoms with Crippen LogP contribution in [0.1, 0.15) is 60.5 Å². The fourth-order valence-corrected chi connectivity index (χ4v) is 6.63. The van der Waals surface area contributed by atoms with Gasteiger partial charge in [-0.3, -0.25) is 4.98 Å². The molecule has 0 amide bonds. The van der Waals surface area contributed by atoms with Crippen molar-refractivity contribution in [2.75, 3.05) is 18.0 Å². The smallest absolute Gasteiger partial charge is 0.147 e.